The summed E-state index contributed by atoms with van der Waals surface area (Å²) in [6.45, 7) is 0. The maximum atomic E-state index is 13.9. The summed E-state index contributed by atoms with van der Waals surface area (Å²) in [4.78, 5) is 22.7. The molecule has 0 saturated heterocycles. The molecule has 1 heterocycles. The molecule has 6 nitrogen and oxygen atoms in total. The average Bonchev–Trinajstić information content (AvgIpc) is 2.37. The monoisotopic (exact) mass is 288 g/mol. The Kier molecular flexibility index (Phi) is 3.04. The Balaban J connectivity index is 3.18. The quantitative estimate of drug-likeness (QED) is 0.717. The number of pyridine rings is 1. The van der Waals surface area contributed by atoms with Crippen molar-refractivity contribution < 1.29 is 28.2 Å². The molecule has 0 saturated carbocycles. The number of aromatic nitrogens is 1. The molecule has 0 bridgehead atoms. The van der Waals surface area contributed by atoms with Crippen LogP contribution in [0.25, 0.3) is 10.9 Å². The first-order chi connectivity index (χ1) is 9.31. The molecule has 0 fully saturated rings. The van der Waals surface area contributed by atoms with Crippen molar-refractivity contribution in [3.8, 4) is 5.75 Å². The zero-order valence-electron chi connectivity index (χ0n) is 9.87. The van der Waals surface area contributed by atoms with Gasteiger partial charge in [0.25, 0.3) is 0 Å². The summed E-state index contributed by atoms with van der Waals surface area (Å²) in [6, 6.07) is 0.395. The molecular weight excluding hydrogens is 281 g/mol. The van der Waals surface area contributed by atoms with Crippen molar-refractivity contribution in [2.75, 3.05) is 12.5 Å². The number of carbonyl (C=O) groups is 1. The van der Waals surface area contributed by atoms with Gasteiger partial charge in [0.1, 0.15) is 5.52 Å². The summed E-state index contributed by atoms with van der Waals surface area (Å²) < 4.78 is 40.8. The maximum absolute atomic E-state index is 13.9. The Morgan fingerprint density at radius 3 is 2.45 bits per heavy atom. The van der Waals surface area contributed by atoms with Gasteiger partial charge in [-0.3, -0.25) is 4.79 Å². The number of aromatic carboxylic acids is 1. The summed E-state index contributed by atoms with van der Waals surface area (Å²) in [5.41, 5.74) is -1.18. The van der Waals surface area contributed by atoms with Crippen LogP contribution < -0.4 is 10.9 Å². The van der Waals surface area contributed by atoms with Gasteiger partial charge >= 0.3 is 5.97 Å². The van der Waals surface area contributed by atoms with Crippen LogP contribution in [0.3, 0.4) is 0 Å². The van der Waals surface area contributed by atoms with E-state index in [1.165, 1.54) is 0 Å². The number of carboxylic acid groups (broad SMARTS) is 1. The third-order valence-corrected chi connectivity index (χ3v) is 2.70. The first kappa shape index (κ1) is 13.7. The lowest BCUT2D eigenvalue weighted by atomic mass is 10.1. The molecule has 2 aromatic rings. The van der Waals surface area contributed by atoms with Crippen molar-refractivity contribution in [2.45, 2.75) is 0 Å². The molecule has 2 rings (SSSR count). The molecule has 0 unspecified atom stereocenters. The van der Waals surface area contributed by atoms with Gasteiger partial charge in [-0.1, -0.05) is 0 Å². The minimum Gasteiger partial charge on any atom is -0.503 e. The summed E-state index contributed by atoms with van der Waals surface area (Å²) in [5.74, 6) is -7.95. The highest BCUT2D eigenvalue weighted by molar-refractivity contribution is 5.94. The number of rotatable bonds is 2. The summed E-state index contributed by atoms with van der Waals surface area (Å²) in [6.07, 6.45) is 0. The third kappa shape index (κ3) is 1.67. The van der Waals surface area contributed by atoms with Crippen molar-refractivity contribution in [1.29, 1.82) is 0 Å². The van der Waals surface area contributed by atoms with Gasteiger partial charge in [0.05, 0.1) is 5.39 Å². The summed E-state index contributed by atoms with van der Waals surface area (Å²) in [5, 5.41) is 17.6. The first-order valence-electron chi connectivity index (χ1n) is 5.17. The maximum Gasteiger partial charge on any atom is 0.344 e. The Morgan fingerprint density at radius 2 is 1.95 bits per heavy atom. The lowest BCUT2D eigenvalue weighted by molar-refractivity contribution is 0.0688. The van der Waals surface area contributed by atoms with Gasteiger partial charge in [-0.25, -0.2) is 13.9 Å². The molecule has 1 aromatic carbocycles. The number of nitrogens with one attached hydrogen (secondary N) is 1. The number of fused-ring (bicyclic) bond motifs is 1. The lowest BCUT2D eigenvalue weighted by Crippen LogP contribution is -2.27. The second-order valence-corrected chi connectivity index (χ2v) is 3.78. The van der Waals surface area contributed by atoms with Crippen molar-refractivity contribution in [1.82, 2.24) is 4.68 Å². The molecule has 20 heavy (non-hydrogen) atoms. The van der Waals surface area contributed by atoms with Crippen LogP contribution in [0.2, 0.25) is 0 Å². The van der Waals surface area contributed by atoms with Gasteiger partial charge in [-0.15, -0.1) is 0 Å². The zero-order valence-corrected chi connectivity index (χ0v) is 9.87. The number of phenolic OH excluding ortho intramolecular Hbond substituents is 1. The minimum atomic E-state index is -1.87. The predicted octanol–water partition coefficient (Wildman–Crippen LogP) is 0.996. The van der Waals surface area contributed by atoms with Gasteiger partial charge in [0, 0.05) is 7.05 Å². The highest BCUT2D eigenvalue weighted by Gasteiger charge is 2.26. The highest BCUT2D eigenvalue weighted by Crippen LogP contribution is 2.29. The zero-order chi connectivity index (χ0) is 15.2. The van der Waals surface area contributed by atoms with Crippen LogP contribution in [0.1, 0.15) is 10.4 Å². The number of hydrogen-bond donors (Lipinski definition) is 3. The van der Waals surface area contributed by atoms with E-state index >= 15 is 0 Å². The SMILES string of the molecule is CNn1c(F)c(C(=O)O)c(=O)c2cc(F)c(F)c(O)c21. The second kappa shape index (κ2) is 4.44. The van der Waals surface area contributed by atoms with E-state index in [0.29, 0.717) is 10.7 Å². The minimum absolute atomic E-state index is 0.345. The molecule has 0 spiro atoms. The number of aromatic hydroxyl groups is 1. The van der Waals surface area contributed by atoms with Crippen molar-refractivity contribution in [3.05, 3.63) is 39.4 Å². The lowest BCUT2D eigenvalue weighted by Gasteiger charge is -2.14. The van der Waals surface area contributed by atoms with E-state index < -0.39 is 51.2 Å². The summed E-state index contributed by atoms with van der Waals surface area (Å²) >= 11 is 0. The Bertz CT molecular complexity index is 801. The van der Waals surface area contributed by atoms with E-state index in [-0.39, 0.29) is 0 Å². The number of hydrogen-bond acceptors (Lipinski definition) is 4. The number of phenols is 1. The molecule has 0 amide bonds. The van der Waals surface area contributed by atoms with Crippen molar-refractivity contribution >= 4 is 16.9 Å². The summed E-state index contributed by atoms with van der Waals surface area (Å²) in [7, 11) is 1.14. The Hall–Kier alpha value is -2.71. The molecule has 0 aliphatic heterocycles. The topological polar surface area (TPSA) is 91.6 Å². The van der Waals surface area contributed by atoms with Gasteiger partial charge in [0.15, 0.2) is 17.1 Å². The smallest absolute Gasteiger partial charge is 0.344 e. The second-order valence-electron chi connectivity index (χ2n) is 3.78. The van der Waals surface area contributed by atoms with Gasteiger partial charge in [0.2, 0.25) is 17.2 Å². The Morgan fingerprint density at radius 1 is 1.35 bits per heavy atom. The van der Waals surface area contributed by atoms with Crippen LogP contribution in [0.5, 0.6) is 5.75 Å². The van der Waals surface area contributed by atoms with Crippen molar-refractivity contribution in [2.24, 2.45) is 0 Å². The first-order valence-corrected chi connectivity index (χ1v) is 5.17. The standard InChI is InChI=1S/C11H7F3N2O4/c1-15-16-7-3(2-4(12)6(13)9(7)18)8(17)5(10(16)14)11(19)20/h2,15,18H,1H3,(H,19,20). The van der Waals surface area contributed by atoms with Gasteiger partial charge in [-0.2, -0.15) is 8.78 Å². The number of benzene rings is 1. The van der Waals surface area contributed by atoms with E-state index in [1.54, 1.807) is 0 Å². The van der Waals surface area contributed by atoms with E-state index in [2.05, 4.69) is 5.43 Å². The van der Waals surface area contributed by atoms with E-state index in [0.717, 1.165) is 7.05 Å². The van der Waals surface area contributed by atoms with Crippen LogP contribution in [0, 0.1) is 17.6 Å². The van der Waals surface area contributed by atoms with Crippen LogP contribution in [-0.2, 0) is 0 Å². The molecule has 0 atom stereocenters. The van der Waals surface area contributed by atoms with Crippen LogP contribution in [0.15, 0.2) is 10.9 Å². The fourth-order valence-electron chi connectivity index (χ4n) is 1.84. The van der Waals surface area contributed by atoms with Crippen LogP contribution in [-0.4, -0.2) is 27.9 Å². The predicted molar refractivity (Wildman–Crippen MR) is 62.0 cm³/mol. The highest BCUT2D eigenvalue weighted by atomic mass is 19.2. The third-order valence-electron chi connectivity index (χ3n) is 2.70. The number of halogens is 3. The van der Waals surface area contributed by atoms with E-state index in [1.807, 2.05) is 0 Å². The van der Waals surface area contributed by atoms with Crippen molar-refractivity contribution in [3.63, 3.8) is 0 Å². The largest absolute Gasteiger partial charge is 0.503 e. The molecule has 1 aromatic heterocycles. The molecule has 0 aliphatic rings. The van der Waals surface area contributed by atoms with Crippen LogP contribution in [0.4, 0.5) is 13.2 Å². The molecule has 0 aliphatic carbocycles. The fraction of sp³-hybridized carbons (Fsp3) is 0.0909. The normalized spacial score (nSPS) is 10.8. The van der Waals surface area contributed by atoms with Crippen LogP contribution >= 0.6 is 0 Å². The van der Waals surface area contributed by atoms with E-state index in [9.17, 15) is 27.9 Å². The molecule has 3 N–H and O–H groups in total. The number of nitrogens with zero attached hydrogens (tertiary/aromatic N) is 1. The average molecular weight is 288 g/mol. The molecule has 106 valence electrons. The van der Waals surface area contributed by atoms with E-state index in [4.69, 9.17) is 5.11 Å². The Labute approximate surface area is 108 Å². The van der Waals surface area contributed by atoms with Gasteiger partial charge in [-0.05, 0) is 6.07 Å². The fourth-order valence-corrected chi connectivity index (χ4v) is 1.84. The van der Waals surface area contributed by atoms with Gasteiger partial charge < -0.3 is 15.6 Å². The number of carboxylic acids is 1. The molecule has 0 radical (unpaired) electrons. The molecular formula is C11H7F3N2O4. The molecule has 9 heteroatoms.